The predicted octanol–water partition coefficient (Wildman–Crippen LogP) is 3.52. The molecule has 8 nitrogen and oxygen atoms in total. The van der Waals surface area contributed by atoms with Crippen molar-refractivity contribution < 1.29 is 28.0 Å². The van der Waals surface area contributed by atoms with Crippen LogP contribution in [0.3, 0.4) is 0 Å². The van der Waals surface area contributed by atoms with Crippen LogP contribution < -0.4 is 5.48 Å². The van der Waals surface area contributed by atoms with E-state index in [1.165, 1.54) is 27.4 Å². The summed E-state index contributed by atoms with van der Waals surface area (Å²) in [4.78, 5) is 15.0. The summed E-state index contributed by atoms with van der Waals surface area (Å²) in [5, 5.41) is 15.5. The summed E-state index contributed by atoms with van der Waals surface area (Å²) in [6, 6.07) is 10.1. The van der Waals surface area contributed by atoms with Crippen molar-refractivity contribution in [3.63, 3.8) is 0 Å². The molecule has 0 amide bonds. The number of benzene rings is 2. The summed E-state index contributed by atoms with van der Waals surface area (Å²) >= 11 is 0. The van der Waals surface area contributed by atoms with Gasteiger partial charge in [0.2, 0.25) is 5.90 Å². The lowest BCUT2D eigenvalue weighted by atomic mass is 10.0. The fourth-order valence-electron chi connectivity index (χ4n) is 2.57. The molecule has 2 rings (SSSR count). The topological polar surface area (TPSA) is 97.5 Å². The van der Waals surface area contributed by atoms with Crippen LogP contribution >= 0.6 is 0 Å². The van der Waals surface area contributed by atoms with Gasteiger partial charge in [0.1, 0.15) is 38.2 Å². The number of oxime groups is 2. The number of hydrogen-bond donors (Lipinski definition) is 2. The van der Waals surface area contributed by atoms with Crippen LogP contribution in [0.5, 0.6) is 0 Å². The van der Waals surface area contributed by atoms with Gasteiger partial charge < -0.3 is 14.4 Å². The SMILES string of the molecule is C=C(NOCc1ccccc1C(=NOC)C(=N)OC)C(=NOC)c1ccc(F)cc1F. The third kappa shape index (κ3) is 6.09. The first-order valence-corrected chi connectivity index (χ1v) is 8.88. The number of rotatable bonds is 10. The lowest BCUT2D eigenvalue weighted by Crippen LogP contribution is -2.23. The fourth-order valence-corrected chi connectivity index (χ4v) is 2.57. The summed E-state index contributed by atoms with van der Waals surface area (Å²) in [7, 11) is 4.00. The van der Waals surface area contributed by atoms with Crippen LogP contribution in [0.25, 0.3) is 0 Å². The van der Waals surface area contributed by atoms with E-state index in [9.17, 15) is 8.78 Å². The first-order chi connectivity index (χ1) is 14.9. The molecule has 0 saturated heterocycles. The molecule has 0 aromatic heterocycles. The minimum Gasteiger partial charge on any atom is -0.480 e. The van der Waals surface area contributed by atoms with E-state index in [4.69, 9.17) is 24.7 Å². The average Bonchev–Trinajstić information content (AvgIpc) is 2.76. The van der Waals surface area contributed by atoms with Crippen molar-refractivity contribution in [3.8, 4) is 0 Å². The van der Waals surface area contributed by atoms with Crippen LogP contribution in [0.4, 0.5) is 8.78 Å². The Labute approximate surface area is 178 Å². The standard InChI is InChI=1S/C21H22F2N4O4/c1-13(19(26-29-3)17-10-9-15(22)11-18(17)23)25-31-12-14-7-5-6-8-16(14)20(27-30-4)21(24)28-2/h5-11,24-25H,1,12H2,2-4H3. The van der Waals surface area contributed by atoms with Crippen LogP contribution in [0.2, 0.25) is 0 Å². The van der Waals surface area contributed by atoms with Gasteiger partial charge in [0, 0.05) is 17.2 Å². The molecule has 0 radical (unpaired) electrons. The molecule has 2 aromatic carbocycles. The van der Waals surface area contributed by atoms with Crippen molar-refractivity contribution in [3.05, 3.63) is 83.1 Å². The van der Waals surface area contributed by atoms with Gasteiger partial charge in [0.05, 0.1) is 12.8 Å². The maximum atomic E-state index is 14.2. The summed E-state index contributed by atoms with van der Waals surface area (Å²) in [6.07, 6.45) is 0. The fraction of sp³-hybridized carbons (Fsp3) is 0.190. The zero-order chi connectivity index (χ0) is 22.8. The third-order valence-corrected chi connectivity index (χ3v) is 3.95. The second kappa shape index (κ2) is 11.4. The molecule has 0 spiro atoms. The monoisotopic (exact) mass is 432 g/mol. The van der Waals surface area contributed by atoms with E-state index in [1.54, 1.807) is 24.3 Å². The van der Waals surface area contributed by atoms with Crippen LogP contribution in [0.1, 0.15) is 16.7 Å². The van der Waals surface area contributed by atoms with Crippen LogP contribution in [0.15, 0.2) is 65.1 Å². The minimum absolute atomic E-state index is 0.00363. The van der Waals surface area contributed by atoms with E-state index >= 15 is 0 Å². The molecular formula is C21H22F2N4O4. The molecule has 2 N–H and O–H groups in total. The van der Waals surface area contributed by atoms with E-state index in [2.05, 4.69) is 22.4 Å². The number of nitrogens with one attached hydrogen (secondary N) is 2. The van der Waals surface area contributed by atoms with Crippen LogP contribution in [-0.2, 0) is 25.9 Å². The van der Waals surface area contributed by atoms with Crippen LogP contribution in [0, 0.1) is 17.0 Å². The Morgan fingerprint density at radius 1 is 1.00 bits per heavy atom. The highest BCUT2D eigenvalue weighted by atomic mass is 19.1. The molecule has 0 aliphatic heterocycles. The van der Waals surface area contributed by atoms with E-state index in [1.807, 2.05) is 0 Å². The quantitative estimate of drug-likeness (QED) is 0.340. The van der Waals surface area contributed by atoms with E-state index in [-0.39, 0.29) is 35.2 Å². The molecule has 164 valence electrons. The number of nitrogens with zero attached hydrogens (tertiary/aromatic N) is 2. The van der Waals surface area contributed by atoms with Gasteiger partial charge in [-0.05, 0) is 17.7 Å². The highest BCUT2D eigenvalue weighted by Gasteiger charge is 2.18. The van der Waals surface area contributed by atoms with Crippen LogP contribution in [-0.4, -0.2) is 38.7 Å². The molecule has 31 heavy (non-hydrogen) atoms. The maximum absolute atomic E-state index is 14.2. The van der Waals surface area contributed by atoms with Crippen molar-refractivity contribution >= 4 is 17.3 Å². The van der Waals surface area contributed by atoms with Gasteiger partial charge in [-0.25, -0.2) is 8.78 Å². The molecule has 10 heteroatoms. The van der Waals surface area contributed by atoms with Gasteiger partial charge in [-0.1, -0.05) is 41.2 Å². The Hall–Kier alpha value is -3.79. The third-order valence-electron chi connectivity index (χ3n) is 3.95. The largest absolute Gasteiger partial charge is 0.480 e. The molecule has 0 bridgehead atoms. The Balaban J connectivity index is 2.17. The number of ether oxygens (including phenoxy) is 1. The summed E-state index contributed by atoms with van der Waals surface area (Å²) < 4.78 is 32.3. The zero-order valence-corrected chi connectivity index (χ0v) is 17.2. The summed E-state index contributed by atoms with van der Waals surface area (Å²) in [5.41, 5.74) is 4.02. The van der Waals surface area contributed by atoms with Crippen molar-refractivity contribution in [1.82, 2.24) is 5.48 Å². The van der Waals surface area contributed by atoms with E-state index in [0.717, 1.165) is 12.1 Å². The summed E-state index contributed by atoms with van der Waals surface area (Å²) in [5.74, 6) is -1.74. The smallest absolute Gasteiger partial charge is 0.236 e. The number of hydrogen-bond acceptors (Lipinski definition) is 8. The van der Waals surface area contributed by atoms with E-state index < -0.39 is 11.6 Å². The second-order valence-corrected chi connectivity index (χ2v) is 5.93. The molecule has 0 aliphatic rings. The first kappa shape index (κ1) is 23.5. The Morgan fingerprint density at radius 2 is 1.68 bits per heavy atom. The zero-order valence-electron chi connectivity index (χ0n) is 17.2. The number of allylic oxidation sites excluding steroid dienone is 1. The highest BCUT2D eigenvalue weighted by molar-refractivity contribution is 6.44. The van der Waals surface area contributed by atoms with Gasteiger partial charge in [-0.3, -0.25) is 15.7 Å². The number of halogens is 2. The van der Waals surface area contributed by atoms with E-state index in [0.29, 0.717) is 11.1 Å². The lowest BCUT2D eigenvalue weighted by molar-refractivity contribution is 0.0530. The van der Waals surface area contributed by atoms with Gasteiger partial charge in [0.25, 0.3) is 0 Å². The molecule has 0 atom stereocenters. The second-order valence-electron chi connectivity index (χ2n) is 5.93. The minimum atomic E-state index is -0.831. The normalized spacial score (nSPS) is 11.6. The van der Waals surface area contributed by atoms with Gasteiger partial charge in [-0.2, -0.15) is 0 Å². The Kier molecular flexibility index (Phi) is 8.64. The molecule has 0 unspecified atom stereocenters. The Morgan fingerprint density at radius 3 is 2.32 bits per heavy atom. The molecular weight excluding hydrogens is 410 g/mol. The van der Waals surface area contributed by atoms with Gasteiger partial charge in [-0.15, -0.1) is 0 Å². The highest BCUT2D eigenvalue weighted by Crippen LogP contribution is 2.16. The summed E-state index contributed by atoms with van der Waals surface area (Å²) in [6.45, 7) is 3.78. The first-order valence-electron chi connectivity index (χ1n) is 8.88. The molecule has 0 heterocycles. The van der Waals surface area contributed by atoms with Crippen molar-refractivity contribution in [1.29, 1.82) is 5.41 Å². The number of methoxy groups -OCH3 is 1. The van der Waals surface area contributed by atoms with Gasteiger partial charge >= 0.3 is 0 Å². The van der Waals surface area contributed by atoms with Crippen molar-refractivity contribution in [2.45, 2.75) is 6.61 Å². The molecule has 0 aliphatic carbocycles. The molecule has 2 aromatic rings. The van der Waals surface area contributed by atoms with Crippen molar-refractivity contribution in [2.24, 2.45) is 10.3 Å². The lowest BCUT2D eigenvalue weighted by Gasteiger charge is -2.15. The Bertz CT molecular complexity index is 1010. The van der Waals surface area contributed by atoms with Crippen molar-refractivity contribution in [2.75, 3.05) is 21.3 Å². The average molecular weight is 432 g/mol. The van der Waals surface area contributed by atoms with Gasteiger partial charge in [0.15, 0.2) is 5.71 Å². The number of hydroxylamine groups is 1. The maximum Gasteiger partial charge on any atom is 0.236 e. The predicted molar refractivity (Wildman–Crippen MR) is 112 cm³/mol. The molecule has 0 fully saturated rings. The molecule has 0 saturated carbocycles.